The van der Waals surface area contributed by atoms with E-state index in [0.717, 1.165) is 0 Å². The zero-order chi connectivity index (χ0) is 24.9. The van der Waals surface area contributed by atoms with Crippen LogP contribution in [0.25, 0.3) is 11.4 Å². The molecular weight excluding hydrogens is 450 g/mol. The first-order valence-electron chi connectivity index (χ1n) is 10.7. The fraction of sp³-hybridized carbons (Fsp3) is 0.167. The predicted octanol–water partition coefficient (Wildman–Crippen LogP) is 4.06. The quantitative estimate of drug-likeness (QED) is 0.304. The molecule has 178 valence electrons. The van der Waals surface area contributed by atoms with E-state index in [9.17, 15) is 9.59 Å². The second-order valence-electron chi connectivity index (χ2n) is 7.51. The summed E-state index contributed by atoms with van der Waals surface area (Å²) >= 11 is 0. The minimum Gasteiger partial charge on any atom is -0.494 e. The first kappa shape index (κ1) is 23.4. The van der Waals surface area contributed by atoms with Crippen LogP contribution in [0.15, 0.2) is 55.1 Å². The number of anilines is 4. The minimum atomic E-state index is -1.06. The fourth-order valence-electron chi connectivity index (χ4n) is 3.40. The van der Waals surface area contributed by atoms with E-state index in [1.165, 1.54) is 24.5 Å². The van der Waals surface area contributed by atoms with Crippen molar-refractivity contribution in [3.8, 4) is 17.1 Å². The van der Waals surface area contributed by atoms with Crippen molar-refractivity contribution in [2.24, 2.45) is 7.05 Å². The van der Waals surface area contributed by atoms with E-state index >= 15 is 0 Å². The number of methoxy groups -OCH3 is 1. The molecule has 0 atom stereocenters. The van der Waals surface area contributed by atoms with E-state index < -0.39 is 5.97 Å². The SMILES string of the molecule is CCC(=O)c1cnc(Nc2ccc(C(=O)O)cn2)cc1Nc1cccc(-c2ncn(C)n2)c1OC. The Morgan fingerprint density at radius 2 is 1.83 bits per heavy atom. The molecular formula is C24H23N7O4. The number of hydrogen-bond acceptors (Lipinski definition) is 9. The molecule has 0 bridgehead atoms. The summed E-state index contributed by atoms with van der Waals surface area (Å²) < 4.78 is 7.27. The van der Waals surface area contributed by atoms with Gasteiger partial charge in [-0.1, -0.05) is 13.0 Å². The van der Waals surface area contributed by atoms with Crippen LogP contribution in [0.5, 0.6) is 5.75 Å². The minimum absolute atomic E-state index is 0.0733. The maximum Gasteiger partial charge on any atom is 0.337 e. The van der Waals surface area contributed by atoms with E-state index in [4.69, 9.17) is 9.84 Å². The highest BCUT2D eigenvalue weighted by Gasteiger charge is 2.18. The van der Waals surface area contributed by atoms with Gasteiger partial charge in [0, 0.05) is 31.9 Å². The zero-order valence-corrected chi connectivity index (χ0v) is 19.3. The van der Waals surface area contributed by atoms with Crippen LogP contribution in [0.2, 0.25) is 0 Å². The van der Waals surface area contributed by atoms with Crippen LogP contribution in [0.1, 0.15) is 34.1 Å². The third-order valence-corrected chi connectivity index (χ3v) is 5.12. The standard InChI is InChI=1S/C24H23N7O4/c1-4-19(32)16-12-26-21(29-20-9-8-14(11-25-20)24(33)34)10-18(16)28-17-7-5-6-15(22(17)35-3)23-27-13-31(2)30-23/h5-13H,4H2,1-3H3,(H,33,34)(H2,25,26,28,29). The van der Waals surface area contributed by atoms with Crippen molar-refractivity contribution >= 4 is 34.8 Å². The molecule has 0 radical (unpaired) electrons. The van der Waals surface area contributed by atoms with E-state index in [1.807, 2.05) is 18.2 Å². The van der Waals surface area contributed by atoms with Crippen LogP contribution in [0.4, 0.5) is 23.0 Å². The summed E-state index contributed by atoms with van der Waals surface area (Å²) in [6, 6.07) is 10.2. The second-order valence-corrected chi connectivity index (χ2v) is 7.51. The van der Waals surface area contributed by atoms with E-state index in [-0.39, 0.29) is 11.3 Å². The van der Waals surface area contributed by atoms with Gasteiger partial charge in [0.15, 0.2) is 17.4 Å². The molecule has 0 fully saturated rings. The van der Waals surface area contributed by atoms with Gasteiger partial charge in [0.2, 0.25) is 0 Å². The molecule has 1 aromatic carbocycles. The molecule has 3 aromatic heterocycles. The van der Waals surface area contributed by atoms with Crippen molar-refractivity contribution in [1.29, 1.82) is 0 Å². The number of ketones is 1. The Balaban J connectivity index is 1.70. The average molecular weight is 473 g/mol. The van der Waals surface area contributed by atoms with Crippen LogP contribution in [-0.4, -0.2) is 48.7 Å². The van der Waals surface area contributed by atoms with Gasteiger partial charge < -0.3 is 20.5 Å². The van der Waals surface area contributed by atoms with Crippen LogP contribution in [0, 0.1) is 0 Å². The molecule has 0 aliphatic carbocycles. The van der Waals surface area contributed by atoms with Crippen LogP contribution in [-0.2, 0) is 7.05 Å². The Labute approximate surface area is 200 Å². The number of aryl methyl sites for hydroxylation is 1. The van der Waals surface area contributed by atoms with Crippen molar-refractivity contribution in [3.63, 3.8) is 0 Å². The number of carboxylic acids is 1. The number of rotatable bonds is 9. The smallest absolute Gasteiger partial charge is 0.337 e. The summed E-state index contributed by atoms with van der Waals surface area (Å²) in [5, 5.41) is 19.7. The highest BCUT2D eigenvalue weighted by Crippen LogP contribution is 2.37. The molecule has 0 spiro atoms. The molecule has 0 unspecified atom stereocenters. The molecule has 4 aromatic rings. The number of nitrogens with zero attached hydrogens (tertiary/aromatic N) is 5. The number of ether oxygens (including phenoxy) is 1. The first-order chi connectivity index (χ1) is 16.9. The number of benzene rings is 1. The number of aromatic carboxylic acids is 1. The van der Waals surface area contributed by atoms with Gasteiger partial charge in [-0.15, -0.1) is 0 Å². The second kappa shape index (κ2) is 10.00. The Morgan fingerprint density at radius 3 is 2.46 bits per heavy atom. The van der Waals surface area contributed by atoms with Gasteiger partial charge in [-0.25, -0.2) is 19.7 Å². The molecule has 3 heterocycles. The highest BCUT2D eigenvalue weighted by molar-refractivity contribution is 6.02. The van der Waals surface area contributed by atoms with Crippen LogP contribution >= 0.6 is 0 Å². The lowest BCUT2D eigenvalue weighted by Crippen LogP contribution is -2.07. The number of carboxylic acid groups (broad SMARTS) is 1. The van der Waals surface area contributed by atoms with Crippen molar-refractivity contribution in [2.45, 2.75) is 13.3 Å². The van der Waals surface area contributed by atoms with Gasteiger partial charge in [-0.05, 0) is 24.3 Å². The number of Topliss-reactive ketones (excluding diaryl/α,β-unsaturated/α-hetero) is 1. The zero-order valence-electron chi connectivity index (χ0n) is 19.3. The Hall–Kier alpha value is -4.80. The first-order valence-corrected chi connectivity index (χ1v) is 10.7. The van der Waals surface area contributed by atoms with Gasteiger partial charge in [0.25, 0.3) is 0 Å². The fourth-order valence-corrected chi connectivity index (χ4v) is 3.40. The average Bonchev–Trinajstić information content (AvgIpc) is 3.30. The number of carbonyl (C=O) groups is 2. The van der Waals surface area contributed by atoms with Crippen molar-refractivity contribution in [3.05, 3.63) is 66.2 Å². The van der Waals surface area contributed by atoms with Gasteiger partial charge in [0.05, 0.1) is 35.2 Å². The lowest BCUT2D eigenvalue weighted by molar-refractivity contribution is 0.0696. The third-order valence-electron chi connectivity index (χ3n) is 5.12. The van der Waals surface area contributed by atoms with Gasteiger partial charge in [-0.2, -0.15) is 5.10 Å². The maximum atomic E-state index is 12.6. The van der Waals surface area contributed by atoms with Crippen molar-refractivity contribution < 1.29 is 19.4 Å². The summed E-state index contributed by atoms with van der Waals surface area (Å²) in [6.45, 7) is 1.78. The van der Waals surface area contributed by atoms with E-state index in [1.54, 1.807) is 38.2 Å². The molecule has 0 aliphatic heterocycles. The molecule has 4 rings (SSSR count). The molecule has 35 heavy (non-hydrogen) atoms. The monoisotopic (exact) mass is 473 g/mol. The summed E-state index contributed by atoms with van der Waals surface area (Å²) in [5.74, 6) is 0.697. The van der Waals surface area contributed by atoms with Crippen LogP contribution in [0.3, 0.4) is 0 Å². The number of para-hydroxylation sites is 1. The third kappa shape index (κ3) is 5.08. The molecule has 11 heteroatoms. The highest BCUT2D eigenvalue weighted by atomic mass is 16.5. The Kier molecular flexibility index (Phi) is 6.67. The number of pyridine rings is 2. The predicted molar refractivity (Wildman–Crippen MR) is 130 cm³/mol. The topological polar surface area (TPSA) is 144 Å². The van der Waals surface area contributed by atoms with Gasteiger partial charge >= 0.3 is 5.97 Å². The number of hydrogen-bond donors (Lipinski definition) is 3. The largest absolute Gasteiger partial charge is 0.494 e. The Morgan fingerprint density at radius 1 is 1.03 bits per heavy atom. The molecule has 0 amide bonds. The number of carbonyl (C=O) groups excluding carboxylic acids is 1. The summed E-state index contributed by atoms with van der Waals surface area (Å²) in [7, 11) is 3.33. The van der Waals surface area contributed by atoms with E-state index in [2.05, 4.69) is 30.7 Å². The molecule has 11 nitrogen and oxygen atoms in total. The summed E-state index contributed by atoms with van der Waals surface area (Å²) in [4.78, 5) is 36.4. The maximum absolute atomic E-state index is 12.6. The molecule has 0 aliphatic rings. The van der Waals surface area contributed by atoms with Gasteiger partial charge in [0.1, 0.15) is 18.0 Å². The molecule has 3 N–H and O–H groups in total. The normalized spacial score (nSPS) is 10.6. The molecule has 0 saturated carbocycles. The number of aromatic nitrogens is 5. The summed E-state index contributed by atoms with van der Waals surface area (Å²) in [5.41, 5.74) is 2.31. The summed E-state index contributed by atoms with van der Waals surface area (Å²) in [6.07, 6.45) is 4.64. The van der Waals surface area contributed by atoms with Crippen LogP contribution < -0.4 is 15.4 Å². The van der Waals surface area contributed by atoms with Gasteiger partial charge in [-0.3, -0.25) is 9.48 Å². The van der Waals surface area contributed by atoms with Crippen molar-refractivity contribution in [1.82, 2.24) is 24.7 Å². The number of nitrogens with one attached hydrogen (secondary N) is 2. The lowest BCUT2D eigenvalue weighted by Gasteiger charge is -2.17. The molecule has 0 saturated heterocycles. The van der Waals surface area contributed by atoms with Crippen molar-refractivity contribution in [2.75, 3.05) is 17.7 Å². The Bertz CT molecular complexity index is 1380. The lowest BCUT2D eigenvalue weighted by atomic mass is 10.1. The van der Waals surface area contributed by atoms with E-state index in [0.29, 0.717) is 52.1 Å².